The van der Waals surface area contributed by atoms with E-state index in [1.807, 2.05) is 0 Å². The fraction of sp³-hybridized carbons (Fsp3) is 0.286. The number of hydrogen-bond acceptors (Lipinski definition) is 4. The van der Waals surface area contributed by atoms with E-state index in [2.05, 4.69) is 10.3 Å². The fourth-order valence-corrected chi connectivity index (χ4v) is 2.14. The molecule has 1 aromatic heterocycles. The lowest BCUT2D eigenvalue weighted by atomic mass is 10.2. The number of nitrogens with two attached hydrogens (primary N) is 1. The molecule has 3 N–H and O–H groups in total. The van der Waals surface area contributed by atoms with Gasteiger partial charge in [-0.2, -0.15) is 0 Å². The summed E-state index contributed by atoms with van der Waals surface area (Å²) in [5.74, 6) is 0.365. The van der Waals surface area contributed by atoms with Gasteiger partial charge in [0.25, 0.3) is 5.91 Å². The van der Waals surface area contributed by atoms with Crippen LogP contribution in [0.15, 0.2) is 30.7 Å². The van der Waals surface area contributed by atoms with Crippen molar-refractivity contribution in [2.45, 2.75) is 13.1 Å². The number of ether oxygens (including phenoxy) is 1. The van der Waals surface area contributed by atoms with Crippen LogP contribution in [0.5, 0.6) is 5.75 Å². The molecule has 2 rings (SSSR count). The lowest BCUT2D eigenvalue weighted by molar-refractivity contribution is 0.0946. The lowest BCUT2D eigenvalue weighted by Crippen LogP contribution is -2.23. The number of imidazole rings is 1. The van der Waals surface area contributed by atoms with Crippen molar-refractivity contribution in [2.75, 3.05) is 13.7 Å². The first kappa shape index (κ1) is 15.3. The number of carbonyl (C=O) groups excluding carboxylic acids is 1. The van der Waals surface area contributed by atoms with Gasteiger partial charge in [0.05, 0.1) is 13.4 Å². The summed E-state index contributed by atoms with van der Waals surface area (Å²) in [6.45, 7) is 1.39. The number of aromatic nitrogens is 2. The summed E-state index contributed by atoms with van der Waals surface area (Å²) in [6, 6.07) is 5.34. The molecule has 7 heteroatoms. The molecule has 0 aliphatic rings. The molecule has 0 bridgehead atoms. The van der Waals surface area contributed by atoms with Gasteiger partial charge in [-0.3, -0.25) is 4.79 Å². The predicted octanol–water partition coefficient (Wildman–Crippen LogP) is 1.43. The number of benzene rings is 1. The predicted molar refractivity (Wildman–Crippen MR) is 80.5 cm³/mol. The zero-order valence-electron chi connectivity index (χ0n) is 11.7. The van der Waals surface area contributed by atoms with E-state index < -0.39 is 0 Å². The smallest absolute Gasteiger partial charge is 0.271 e. The summed E-state index contributed by atoms with van der Waals surface area (Å²) in [4.78, 5) is 16.1. The molecule has 1 heterocycles. The molecule has 0 spiro atoms. The summed E-state index contributed by atoms with van der Waals surface area (Å²) in [5.41, 5.74) is 6.53. The largest absolute Gasteiger partial charge is 0.496 e. The van der Waals surface area contributed by atoms with Crippen LogP contribution in [0, 0.1) is 0 Å². The van der Waals surface area contributed by atoms with Gasteiger partial charge in [-0.15, -0.1) is 0 Å². The van der Waals surface area contributed by atoms with E-state index in [9.17, 15) is 4.79 Å². The van der Waals surface area contributed by atoms with Gasteiger partial charge < -0.3 is 20.4 Å². The van der Waals surface area contributed by atoms with E-state index in [1.54, 1.807) is 42.4 Å². The number of nitrogens with zero attached hydrogens (tertiary/aromatic N) is 2. The summed E-state index contributed by atoms with van der Waals surface area (Å²) in [7, 11) is 1.56. The van der Waals surface area contributed by atoms with Crippen molar-refractivity contribution in [3.63, 3.8) is 0 Å². The minimum atomic E-state index is -0.271. The molecule has 0 fully saturated rings. The third kappa shape index (κ3) is 3.74. The molecule has 0 aliphatic carbocycles. The highest BCUT2D eigenvalue weighted by Crippen LogP contribution is 2.25. The van der Waals surface area contributed by atoms with Crippen molar-refractivity contribution in [1.82, 2.24) is 14.9 Å². The average Bonchev–Trinajstić information content (AvgIpc) is 2.94. The molecule has 0 atom stereocenters. The van der Waals surface area contributed by atoms with Crippen molar-refractivity contribution in [1.29, 1.82) is 0 Å². The van der Waals surface area contributed by atoms with Crippen LogP contribution in [0.3, 0.4) is 0 Å². The quantitative estimate of drug-likeness (QED) is 0.846. The summed E-state index contributed by atoms with van der Waals surface area (Å²) < 4.78 is 7.00. The third-order valence-electron chi connectivity index (χ3n) is 2.97. The van der Waals surface area contributed by atoms with E-state index in [0.29, 0.717) is 29.6 Å². The molecule has 0 unspecified atom stereocenters. The monoisotopic (exact) mass is 308 g/mol. The molecule has 1 amide bonds. The van der Waals surface area contributed by atoms with E-state index in [4.69, 9.17) is 22.1 Å². The molecule has 21 heavy (non-hydrogen) atoms. The molecule has 0 aliphatic heterocycles. The van der Waals surface area contributed by atoms with Crippen molar-refractivity contribution >= 4 is 17.5 Å². The number of halogens is 1. The van der Waals surface area contributed by atoms with Gasteiger partial charge >= 0.3 is 0 Å². The number of rotatable bonds is 6. The van der Waals surface area contributed by atoms with Gasteiger partial charge in [0.2, 0.25) is 0 Å². The van der Waals surface area contributed by atoms with Crippen LogP contribution in [0.25, 0.3) is 0 Å². The van der Waals surface area contributed by atoms with Crippen LogP contribution in [-0.4, -0.2) is 29.1 Å². The van der Waals surface area contributed by atoms with Gasteiger partial charge in [0.15, 0.2) is 0 Å². The lowest BCUT2D eigenvalue weighted by Gasteiger charge is -2.10. The number of methoxy groups -OCH3 is 1. The molecule has 1 aromatic carbocycles. The SMILES string of the molecule is COc1cccc(Cl)c1CNC(=O)c1cn(CCN)cn1. The second-order valence-electron chi connectivity index (χ2n) is 4.39. The van der Waals surface area contributed by atoms with Gasteiger partial charge in [-0.1, -0.05) is 17.7 Å². The van der Waals surface area contributed by atoms with Gasteiger partial charge in [0, 0.05) is 36.4 Å². The second-order valence-corrected chi connectivity index (χ2v) is 4.80. The van der Waals surface area contributed by atoms with Crippen molar-refractivity contribution in [2.24, 2.45) is 5.73 Å². The Hall–Kier alpha value is -2.05. The van der Waals surface area contributed by atoms with Gasteiger partial charge in [-0.25, -0.2) is 4.98 Å². The summed E-state index contributed by atoms with van der Waals surface area (Å²) >= 11 is 6.12. The highest BCUT2D eigenvalue weighted by atomic mass is 35.5. The second kappa shape index (κ2) is 7.10. The maximum Gasteiger partial charge on any atom is 0.271 e. The third-order valence-corrected chi connectivity index (χ3v) is 3.33. The van der Waals surface area contributed by atoms with Crippen LogP contribution < -0.4 is 15.8 Å². The topological polar surface area (TPSA) is 82.2 Å². The van der Waals surface area contributed by atoms with Crippen molar-refractivity contribution in [3.8, 4) is 5.75 Å². The Balaban J connectivity index is 2.04. The number of carbonyl (C=O) groups is 1. The van der Waals surface area contributed by atoms with Crippen LogP contribution in [0.1, 0.15) is 16.1 Å². The maximum atomic E-state index is 12.0. The van der Waals surface area contributed by atoms with Crippen molar-refractivity contribution < 1.29 is 9.53 Å². The Bertz CT molecular complexity index is 627. The normalized spacial score (nSPS) is 10.4. The Labute approximate surface area is 127 Å². The first-order valence-electron chi connectivity index (χ1n) is 6.47. The summed E-state index contributed by atoms with van der Waals surface area (Å²) in [6.07, 6.45) is 3.24. The summed E-state index contributed by atoms with van der Waals surface area (Å²) in [5, 5.41) is 3.32. The fourth-order valence-electron chi connectivity index (χ4n) is 1.91. The Morgan fingerprint density at radius 2 is 2.33 bits per heavy atom. The van der Waals surface area contributed by atoms with Crippen LogP contribution in [-0.2, 0) is 13.1 Å². The standard InChI is InChI=1S/C14H17ClN4O2/c1-21-13-4-2-3-11(15)10(13)7-17-14(20)12-8-19(6-5-16)9-18-12/h2-4,8-9H,5-7,16H2,1H3,(H,17,20). The Kier molecular flexibility index (Phi) is 5.19. The molecule has 0 saturated carbocycles. The van der Waals surface area contributed by atoms with Crippen LogP contribution in [0.4, 0.5) is 0 Å². The number of amides is 1. The first-order valence-corrected chi connectivity index (χ1v) is 6.85. The van der Waals surface area contributed by atoms with Crippen LogP contribution in [0.2, 0.25) is 5.02 Å². The minimum absolute atomic E-state index is 0.269. The Morgan fingerprint density at radius 3 is 3.05 bits per heavy atom. The molecular weight excluding hydrogens is 292 g/mol. The van der Waals surface area contributed by atoms with E-state index in [0.717, 1.165) is 5.56 Å². The minimum Gasteiger partial charge on any atom is -0.496 e. The van der Waals surface area contributed by atoms with Crippen LogP contribution >= 0.6 is 11.6 Å². The molecule has 6 nitrogen and oxygen atoms in total. The first-order chi connectivity index (χ1) is 10.2. The van der Waals surface area contributed by atoms with E-state index in [1.165, 1.54) is 0 Å². The average molecular weight is 309 g/mol. The number of hydrogen-bond donors (Lipinski definition) is 2. The van der Waals surface area contributed by atoms with Gasteiger partial charge in [0.1, 0.15) is 11.4 Å². The molecular formula is C14H17ClN4O2. The molecule has 2 aromatic rings. The highest BCUT2D eigenvalue weighted by molar-refractivity contribution is 6.31. The van der Waals surface area contributed by atoms with E-state index in [-0.39, 0.29) is 12.5 Å². The molecule has 0 radical (unpaired) electrons. The number of nitrogens with one attached hydrogen (secondary N) is 1. The maximum absolute atomic E-state index is 12.0. The van der Waals surface area contributed by atoms with Crippen molar-refractivity contribution in [3.05, 3.63) is 47.0 Å². The molecule has 112 valence electrons. The highest BCUT2D eigenvalue weighted by Gasteiger charge is 2.12. The zero-order valence-corrected chi connectivity index (χ0v) is 12.4. The molecule has 0 saturated heterocycles. The zero-order chi connectivity index (χ0) is 15.2. The van der Waals surface area contributed by atoms with Gasteiger partial charge in [-0.05, 0) is 12.1 Å². The Morgan fingerprint density at radius 1 is 1.52 bits per heavy atom. The van der Waals surface area contributed by atoms with E-state index >= 15 is 0 Å².